The number of carbonyl (C=O) groups excluding carboxylic acids is 3. The van der Waals surface area contributed by atoms with Crippen molar-refractivity contribution in [3.05, 3.63) is 12.2 Å². The van der Waals surface area contributed by atoms with Crippen LogP contribution in [0.4, 0.5) is 4.79 Å². The lowest BCUT2D eigenvalue weighted by molar-refractivity contribution is -0.153. The molecule has 1 aliphatic rings. The number of likely N-dealkylation sites (tertiary alicyclic amines) is 1. The van der Waals surface area contributed by atoms with Gasteiger partial charge < -0.3 is 19.7 Å². The van der Waals surface area contributed by atoms with E-state index in [1.54, 1.807) is 20.8 Å². The second kappa shape index (κ2) is 9.63. The Kier molecular flexibility index (Phi) is 8.30. The van der Waals surface area contributed by atoms with Crippen molar-refractivity contribution in [1.29, 1.82) is 0 Å². The lowest BCUT2D eigenvalue weighted by Crippen LogP contribution is -2.57. The molecule has 1 unspecified atom stereocenters. The van der Waals surface area contributed by atoms with Gasteiger partial charge in [-0.2, -0.15) is 0 Å². The molecule has 1 saturated heterocycles. The van der Waals surface area contributed by atoms with Crippen molar-refractivity contribution < 1.29 is 23.9 Å². The molecule has 0 aromatic rings. The highest BCUT2D eigenvalue weighted by molar-refractivity contribution is 5.91. The van der Waals surface area contributed by atoms with E-state index in [9.17, 15) is 14.4 Å². The summed E-state index contributed by atoms with van der Waals surface area (Å²) in [5.41, 5.74) is -1.25. The van der Waals surface area contributed by atoms with Crippen LogP contribution in [0.25, 0.3) is 0 Å². The summed E-state index contributed by atoms with van der Waals surface area (Å²) in [7, 11) is 1.33. The van der Waals surface area contributed by atoms with E-state index in [0.29, 0.717) is 18.9 Å². The zero-order valence-electron chi connectivity index (χ0n) is 19.4. The molecule has 7 nitrogen and oxygen atoms in total. The Morgan fingerprint density at radius 3 is 2.14 bits per heavy atom. The Labute approximate surface area is 175 Å². The predicted molar refractivity (Wildman–Crippen MR) is 112 cm³/mol. The van der Waals surface area contributed by atoms with Crippen LogP contribution in [-0.2, 0) is 19.1 Å². The number of carbonyl (C=O) groups is 3. The zero-order valence-corrected chi connectivity index (χ0v) is 19.4. The summed E-state index contributed by atoms with van der Waals surface area (Å²) < 4.78 is 10.3. The van der Waals surface area contributed by atoms with Gasteiger partial charge in [-0.25, -0.2) is 9.59 Å². The number of methoxy groups -OCH3 is 1. The van der Waals surface area contributed by atoms with Gasteiger partial charge in [0.05, 0.1) is 7.11 Å². The summed E-state index contributed by atoms with van der Waals surface area (Å²) >= 11 is 0. The van der Waals surface area contributed by atoms with E-state index in [4.69, 9.17) is 9.47 Å². The van der Waals surface area contributed by atoms with Gasteiger partial charge in [0.1, 0.15) is 17.7 Å². The fourth-order valence-corrected chi connectivity index (χ4v) is 3.29. The van der Waals surface area contributed by atoms with Crippen LogP contribution in [0.2, 0.25) is 0 Å². The molecule has 1 fully saturated rings. The molecule has 0 aromatic carbocycles. The molecular formula is C22H38N2O5. The van der Waals surface area contributed by atoms with Crippen LogP contribution < -0.4 is 5.32 Å². The van der Waals surface area contributed by atoms with Gasteiger partial charge in [-0.1, -0.05) is 46.8 Å². The molecular weight excluding hydrogens is 372 g/mol. The lowest BCUT2D eigenvalue weighted by atomic mass is 9.85. The van der Waals surface area contributed by atoms with Gasteiger partial charge >= 0.3 is 12.1 Å². The smallest absolute Gasteiger partial charge is 0.408 e. The topological polar surface area (TPSA) is 84.9 Å². The SMILES string of the molecule is COC(=O)[C@@H]1C(/C=C/C(C)C)CCN1C(=O)[C@@H](NC(=O)OC(C)(C)C)C(C)(C)C. The number of amides is 2. The molecule has 0 aliphatic carbocycles. The average Bonchev–Trinajstić information content (AvgIpc) is 2.97. The molecule has 0 bridgehead atoms. The van der Waals surface area contributed by atoms with Crippen molar-refractivity contribution in [2.75, 3.05) is 13.7 Å². The Bertz CT molecular complexity index is 628. The van der Waals surface area contributed by atoms with Crippen LogP contribution in [0, 0.1) is 17.3 Å². The number of nitrogens with one attached hydrogen (secondary N) is 1. The minimum Gasteiger partial charge on any atom is -0.467 e. The minimum absolute atomic E-state index is 0.115. The number of allylic oxidation sites excluding steroid dienone is 1. The van der Waals surface area contributed by atoms with E-state index in [1.807, 2.05) is 32.9 Å². The maximum Gasteiger partial charge on any atom is 0.408 e. The number of nitrogens with zero attached hydrogens (tertiary/aromatic N) is 1. The summed E-state index contributed by atoms with van der Waals surface area (Å²) in [6.45, 7) is 15.4. The van der Waals surface area contributed by atoms with E-state index in [2.05, 4.69) is 19.2 Å². The maximum absolute atomic E-state index is 13.4. The monoisotopic (exact) mass is 410 g/mol. The van der Waals surface area contributed by atoms with Crippen molar-refractivity contribution in [3.8, 4) is 0 Å². The van der Waals surface area contributed by atoms with Crippen molar-refractivity contribution in [3.63, 3.8) is 0 Å². The first kappa shape index (κ1) is 25.0. The minimum atomic E-state index is -0.836. The summed E-state index contributed by atoms with van der Waals surface area (Å²) in [5, 5.41) is 2.71. The highest BCUT2D eigenvalue weighted by atomic mass is 16.6. The Balaban J connectivity index is 3.13. The number of hydrogen-bond acceptors (Lipinski definition) is 5. The molecule has 7 heteroatoms. The summed E-state index contributed by atoms with van der Waals surface area (Å²) in [6.07, 6.45) is 4.04. The quantitative estimate of drug-likeness (QED) is 0.554. The summed E-state index contributed by atoms with van der Waals surface area (Å²) in [5.74, 6) is -0.524. The molecule has 0 spiro atoms. The second-order valence-corrected chi connectivity index (χ2v) is 10.0. The normalized spacial score (nSPS) is 21.4. The zero-order chi connectivity index (χ0) is 22.6. The fourth-order valence-electron chi connectivity index (χ4n) is 3.29. The summed E-state index contributed by atoms with van der Waals surface area (Å²) in [6, 6.07) is -1.54. The lowest BCUT2D eigenvalue weighted by Gasteiger charge is -2.36. The molecule has 29 heavy (non-hydrogen) atoms. The average molecular weight is 411 g/mol. The molecule has 0 saturated carbocycles. The van der Waals surface area contributed by atoms with E-state index < -0.39 is 35.2 Å². The fraction of sp³-hybridized carbons (Fsp3) is 0.773. The molecule has 3 atom stereocenters. The van der Waals surface area contributed by atoms with Crippen molar-refractivity contribution in [2.45, 2.75) is 79.5 Å². The van der Waals surface area contributed by atoms with Gasteiger partial charge in [0.25, 0.3) is 0 Å². The molecule has 1 heterocycles. The first-order valence-corrected chi connectivity index (χ1v) is 10.2. The van der Waals surface area contributed by atoms with Gasteiger partial charge in [-0.3, -0.25) is 4.79 Å². The number of rotatable bonds is 5. The third-order valence-electron chi connectivity index (χ3n) is 4.69. The summed E-state index contributed by atoms with van der Waals surface area (Å²) in [4.78, 5) is 39.8. The van der Waals surface area contributed by atoms with Crippen LogP contribution in [-0.4, -0.2) is 54.2 Å². The molecule has 1 N–H and O–H groups in total. The number of hydrogen-bond donors (Lipinski definition) is 1. The molecule has 2 amide bonds. The van der Waals surface area contributed by atoms with Gasteiger partial charge in [-0.05, 0) is 38.5 Å². The molecule has 166 valence electrons. The van der Waals surface area contributed by atoms with Gasteiger partial charge in [0.15, 0.2) is 0 Å². The van der Waals surface area contributed by atoms with Crippen LogP contribution in [0.1, 0.15) is 61.8 Å². The highest BCUT2D eigenvalue weighted by Crippen LogP contribution is 2.31. The van der Waals surface area contributed by atoms with Crippen molar-refractivity contribution >= 4 is 18.0 Å². The van der Waals surface area contributed by atoms with Gasteiger partial charge in [-0.15, -0.1) is 0 Å². The third kappa shape index (κ3) is 7.37. The van der Waals surface area contributed by atoms with Crippen LogP contribution in [0.3, 0.4) is 0 Å². The third-order valence-corrected chi connectivity index (χ3v) is 4.69. The van der Waals surface area contributed by atoms with E-state index in [1.165, 1.54) is 12.0 Å². The van der Waals surface area contributed by atoms with Crippen molar-refractivity contribution in [2.24, 2.45) is 17.3 Å². The number of alkyl carbamates (subject to hydrolysis) is 1. The maximum atomic E-state index is 13.4. The molecule has 0 aromatic heterocycles. The molecule has 1 aliphatic heterocycles. The number of esters is 1. The largest absolute Gasteiger partial charge is 0.467 e. The standard InChI is InChI=1S/C22H38N2O5/c1-14(2)10-11-15-12-13-24(16(15)19(26)28-9)18(25)17(21(3,4)5)23-20(27)29-22(6,7)8/h10-11,14-17H,12-13H2,1-9H3,(H,23,27)/b11-10+/t15?,16-,17+/m0/s1. The highest BCUT2D eigenvalue weighted by Gasteiger charge is 2.46. The Hall–Kier alpha value is -2.05. The van der Waals surface area contributed by atoms with Gasteiger partial charge in [0, 0.05) is 12.5 Å². The van der Waals surface area contributed by atoms with Gasteiger partial charge in [0.2, 0.25) is 5.91 Å². The molecule has 0 radical (unpaired) electrons. The van der Waals surface area contributed by atoms with Crippen LogP contribution >= 0.6 is 0 Å². The first-order chi connectivity index (χ1) is 13.2. The second-order valence-electron chi connectivity index (χ2n) is 10.0. The van der Waals surface area contributed by atoms with Crippen molar-refractivity contribution in [1.82, 2.24) is 10.2 Å². The molecule has 1 rings (SSSR count). The van der Waals surface area contributed by atoms with Crippen LogP contribution in [0.15, 0.2) is 12.2 Å². The van der Waals surface area contributed by atoms with E-state index in [-0.39, 0.29) is 11.8 Å². The number of ether oxygens (including phenoxy) is 2. The van der Waals surface area contributed by atoms with E-state index >= 15 is 0 Å². The Morgan fingerprint density at radius 2 is 1.69 bits per heavy atom. The van der Waals surface area contributed by atoms with E-state index in [0.717, 1.165) is 0 Å². The first-order valence-electron chi connectivity index (χ1n) is 10.2. The predicted octanol–water partition coefficient (Wildman–Crippen LogP) is 3.53. The Morgan fingerprint density at radius 1 is 1.10 bits per heavy atom. The van der Waals surface area contributed by atoms with Crippen LogP contribution in [0.5, 0.6) is 0 Å².